The number of benzene rings is 1. The van der Waals surface area contributed by atoms with Crippen molar-refractivity contribution < 1.29 is 4.57 Å². The van der Waals surface area contributed by atoms with Crippen LogP contribution in [0.1, 0.15) is 124 Å². The van der Waals surface area contributed by atoms with Gasteiger partial charge in [0.05, 0.1) is 6.29 Å². The highest BCUT2D eigenvalue weighted by atomic mass is 31.2. The van der Waals surface area contributed by atoms with Crippen LogP contribution in [-0.4, -0.2) is 25.2 Å². The predicted octanol–water partition coefficient (Wildman–Crippen LogP) is 10.1. The minimum absolute atomic E-state index is 0.764. The van der Waals surface area contributed by atoms with Crippen LogP contribution in [-0.2, 0) is 4.57 Å². The van der Waals surface area contributed by atoms with E-state index in [0.29, 0.717) is 0 Å². The summed E-state index contributed by atoms with van der Waals surface area (Å²) in [5, 5.41) is 0. The molecule has 1 aromatic rings. The predicted molar refractivity (Wildman–Crippen MR) is 147 cm³/mol. The molecule has 1 aromatic carbocycles. The zero-order chi connectivity index (χ0) is 23.3. The van der Waals surface area contributed by atoms with Gasteiger partial charge in [0.15, 0.2) is 0 Å². The third-order valence-corrected chi connectivity index (χ3v) is 9.89. The molecule has 0 aliphatic heterocycles. The molecule has 0 saturated heterocycles. The van der Waals surface area contributed by atoms with Crippen LogP contribution in [0.4, 0.5) is 5.69 Å². The molecule has 0 aliphatic rings. The van der Waals surface area contributed by atoms with Gasteiger partial charge in [0.1, 0.15) is 7.14 Å². The van der Waals surface area contributed by atoms with Crippen molar-refractivity contribution in [2.75, 3.05) is 30.1 Å². The minimum Gasteiger partial charge on any atom is -0.365 e. The maximum atomic E-state index is 14.1. The van der Waals surface area contributed by atoms with Crippen molar-refractivity contribution in [2.45, 2.75) is 124 Å². The van der Waals surface area contributed by atoms with E-state index in [-0.39, 0.29) is 0 Å². The second kappa shape index (κ2) is 19.7. The van der Waals surface area contributed by atoms with E-state index >= 15 is 0 Å². The standard InChI is InChI=1S/C29H54NOP/c1-4-7-9-11-13-15-17-22-26-32(31,27-23-18-16-14-12-10-8-5-2)28-30(6-3)29-24-20-19-21-25-29/h19-21,24-25H,4-18,22-23,26-28H2,1-3H3. The summed E-state index contributed by atoms with van der Waals surface area (Å²) >= 11 is 0. The van der Waals surface area contributed by atoms with E-state index in [1.165, 1.54) is 95.6 Å². The first kappa shape index (κ1) is 29.3. The molecule has 1 rings (SSSR count). The molecule has 32 heavy (non-hydrogen) atoms. The number of hydrogen-bond acceptors (Lipinski definition) is 2. The largest absolute Gasteiger partial charge is 0.365 e. The third kappa shape index (κ3) is 14.4. The van der Waals surface area contributed by atoms with E-state index in [9.17, 15) is 4.57 Å². The Kier molecular flexibility index (Phi) is 18.0. The van der Waals surface area contributed by atoms with E-state index in [2.05, 4.69) is 56.0 Å². The molecular weight excluding hydrogens is 409 g/mol. The topological polar surface area (TPSA) is 20.3 Å². The van der Waals surface area contributed by atoms with Crippen molar-refractivity contribution in [1.29, 1.82) is 0 Å². The van der Waals surface area contributed by atoms with Crippen LogP contribution < -0.4 is 4.90 Å². The van der Waals surface area contributed by atoms with E-state index < -0.39 is 7.14 Å². The quantitative estimate of drug-likeness (QED) is 0.126. The van der Waals surface area contributed by atoms with Gasteiger partial charge in [-0.15, -0.1) is 0 Å². The highest BCUT2D eigenvalue weighted by molar-refractivity contribution is 7.64. The molecule has 0 N–H and O–H groups in total. The number of hydrogen-bond donors (Lipinski definition) is 0. The SMILES string of the molecule is CCCCCCCCCCP(=O)(CCCCCCCCCC)CN(CC)c1ccccc1. The van der Waals surface area contributed by atoms with Gasteiger partial charge in [0.2, 0.25) is 0 Å². The summed E-state index contributed by atoms with van der Waals surface area (Å²) in [6.45, 7) is 7.69. The Morgan fingerprint density at radius 2 is 1.00 bits per heavy atom. The molecule has 0 radical (unpaired) electrons. The Bertz CT molecular complexity index is 550. The molecule has 0 amide bonds. The van der Waals surface area contributed by atoms with Gasteiger partial charge in [0, 0.05) is 24.6 Å². The van der Waals surface area contributed by atoms with Crippen molar-refractivity contribution in [2.24, 2.45) is 0 Å². The molecule has 0 fully saturated rings. The summed E-state index contributed by atoms with van der Waals surface area (Å²) in [5.74, 6) is 0. The van der Waals surface area contributed by atoms with Crippen LogP contribution in [0.15, 0.2) is 30.3 Å². The van der Waals surface area contributed by atoms with Gasteiger partial charge >= 0.3 is 0 Å². The smallest absolute Gasteiger partial charge is 0.106 e. The van der Waals surface area contributed by atoms with Crippen LogP contribution in [0.25, 0.3) is 0 Å². The lowest BCUT2D eigenvalue weighted by Crippen LogP contribution is -2.25. The van der Waals surface area contributed by atoms with Crippen LogP contribution in [0, 0.1) is 0 Å². The number of anilines is 1. The molecule has 0 saturated carbocycles. The number of rotatable bonds is 22. The van der Waals surface area contributed by atoms with Crippen LogP contribution in [0.5, 0.6) is 0 Å². The van der Waals surface area contributed by atoms with Crippen molar-refractivity contribution >= 4 is 12.8 Å². The molecule has 0 unspecified atom stereocenters. The van der Waals surface area contributed by atoms with Gasteiger partial charge in [-0.25, -0.2) is 0 Å². The van der Waals surface area contributed by atoms with E-state index in [1.807, 2.05) is 0 Å². The van der Waals surface area contributed by atoms with Gasteiger partial charge in [-0.2, -0.15) is 0 Å². The summed E-state index contributed by atoms with van der Waals surface area (Å²) in [5.41, 5.74) is 1.22. The maximum Gasteiger partial charge on any atom is 0.106 e. The summed E-state index contributed by atoms with van der Waals surface area (Å²) in [6, 6.07) is 10.6. The molecule has 0 aromatic heterocycles. The average Bonchev–Trinajstić information content (AvgIpc) is 2.81. The summed E-state index contributed by atoms with van der Waals surface area (Å²) in [4.78, 5) is 2.36. The molecule has 0 aliphatic carbocycles. The zero-order valence-electron chi connectivity index (χ0n) is 21.8. The first-order chi connectivity index (χ1) is 15.6. The highest BCUT2D eigenvalue weighted by Gasteiger charge is 2.24. The molecule has 0 bridgehead atoms. The Morgan fingerprint density at radius 1 is 0.594 bits per heavy atom. The second-order valence-electron chi connectivity index (χ2n) is 9.79. The normalized spacial score (nSPS) is 11.7. The van der Waals surface area contributed by atoms with Crippen molar-refractivity contribution in [3.63, 3.8) is 0 Å². The average molecular weight is 464 g/mol. The fourth-order valence-electron chi connectivity index (χ4n) is 4.64. The molecule has 2 nitrogen and oxygen atoms in total. The van der Waals surface area contributed by atoms with Crippen molar-refractivity contribution in [3.05, 3.63) is 30.3 Å². The van der Waals surface area contributed by atoms with Gasteiger partial charge < -0.3 is 9.46 Å². The zero-order valence-corrected chi connectivity index (χ0v) is 22.7. The lowest BCUT2D eigenvalue weighted by atomic mass is 10.1. The van der Waals surface area contributed by atoms with E-state index in [0.717, 1.165) is 38.0 Å². The molecule has 0 atom stereocenters. The Hall–Kier alpha value is -0.750. The summed E-state index contributed by atoms with van der Waals surface area (Å²) < 4.78 is 14.1. The summed E-state index contributed by atoms with van der Waals surface area (Å²) in [7, 11) is -2.16. The lowest BCUT2D eigenvalue weighted by Gasteiger charge is -2.29. The molecule has 0 heterocycles. The Morgan fingerprint density at radius 3 is 1.41 bits per heavy atom. The lowest BCUT2D eigenvalue weighted by molar-refractivity contribution is 0.554. The second-order valence-corrected chi connectivity index (χ2v) is 13.1. The van der Waals surface area contributed by atoms with Gasteiger partial charge in [0.25, 0.3) is 0 Å². The monoisotopic (exact) mass is 463 g/mol. The van der Waals surface area contributed by atoms with Crippen molar-refractivity contribution in [3.8, 4) is 0 Å². The van der Waals surface area contributed by atoms with Gasteiger partial charge in [-0.05, 0) is 31.9 Å². The molecule has 186 valence electrons. The first-order valence-corrected chi connectivity index (χ1v) is 16.3. The van der Waals surface area contributed by atoms with Crippen LogP contribution >= 0.6 is 7.14 Å². The van der Waals surface area contributed by atoms with E-state index in [4.69, 9.17) is 0 Å². The third-order valence-electron chi connectivity index (χ3n) is 6.77. The van der Waals surface area contributed by atoms with Crippen molar-refractivity contribution in [1.82, 2.24) is 0 Å². The number of unbranched alkanes of at least 4 members (excludes halogenated alkanes) is 14. The number of nitrogens with zero attached hydrogens (tertiary/aromatic N) is 1. The Labute approximate surface area is 201 Å². The molecule has 0 spiro atoms. The molecule has 3 heteroatoms. The first-order valence-electron chi connectivity index (χ1n) is 14.0. The summed E-state index contributed by atoms with van der Waals surface area (Å²) in [6.07, 6.45) is 23.7. The maximum absolute atomic E-state index is 14.1. The Balaban J connectivity index is 2.48. The van der Waals surface area contributed by atoms with Gasteiger partial charge in [-0.1, -0.05) is 122 Å². The molecular formula is C29H54NOP. The fraction of sp³-hybridized carbons (Fsp3) is 0.793. The highest BCUT2D eigenvalue weighted by Crippen LogP contribution is 2.48. The van der Waals surface area contributed by atoms with Crippen LogP contribution in [0.3, 0.4) is 0 Å². The minimum atomic E-state index is -2.16. The van der Waals surface area contributed by atoms with Crippen LogP contribution in [0.2, 0.25) is 0 Å². The number of para-hydroxylation sites is 1. The fourth-order valence-corrected chi connectivity index (χ4v) is 7.73. The van der Waals surface area contributed by atoms with Gasteiger partial charge in [-0.3, -0.25) is 0 Å². The van der Waals surface area contributed by atoms with E-state index in [1.54, 1.807) is 0 Å².